The van der Waals surface area contributed by atoms with E-state index in [0.29, 0.717) is 6.04 Å². The van der Waals surface area contributed by atoms with Crippen molar-refractivity contribution in [3.05, 3.63) is 0 Å². The van der Waals surface area contributed by atoms with Crippen molar-refractivity contribution in [3.63, 3.8) is 0 Å². The summed E-state index contributed by atoms with van der Waals surface area (Å²) in [6, 6.07) is 0.680. The average molecular weight is 198 g/mol. The molecule has 1 atom stereocenters. The summed E-state index contributed by atoms with van der Waals surface area (Å²) in [7, 11) is 0. The lowest BCUT2D eigenvalue weighted by atomic mass is 9.99. The second-order valence-corrected chi connectivity index (χ2v) is 4.77. The standard InChI is InChI=1S/C12H26N2/c1-4-13-12(3)7-10-14-8-5-11(2)6-9-14/h11-13H,4-10H2,1-3H3. The molecule has 0 amide bonds. The third-order valence-electron chi connectivity index (χ3n) is 3.31. The molecule has 1 saturated heterocycles. The fourth-order valence-electron chi connectivity index (χ4n) is 2.11. The molecule has 0 spiro atoms. The van der Waals surface area contributed by atoms with Crippen LogP contribution in [0.4, 0.5) is 0 Å². The Morgan fingerprint density at radius 2 is 2.00 bits per heavy atom. The lowest BCUT2D eigenvalue weighted by Crippen LogP contribution is -2.37. The number of piperidine rings is 1. The van der Waals surface area contributed by atoms with Crippen LogP contribution in [-0.2, 0) is 0 Å². The molecule has 2 heteroatoms. The maximum Gasteiger partial charge on any atom is 0.00507 e. The molecule has 0 aromatic carbocycles. The maximum absolute atomic E-state index is 3.47. The van der Waals surface area contributed by atoms with Crippen molar-refractivity contribution in [2.75, 3.05) is 26.2 Å². The monoisotopic (exact) mass is 198 g/mol. The molecule has 1 aliphatic heterocycles. The van der Waals surface area contributed by atoms with Crippen LogP contribution in [0.1, 0.15) is 40.0 Å². The van der Waals surface area contributed by atoms with E-state index in [1.165, 1.54) is 38.9 Å². The first-order chi connectivity index (χ1) is 6.72. The van der Waals surface area contributed by atoms with Crippen LogP contribution in [0.2, 0.25) is 0 Å². The van der Waals surface area contributed by atoms with E-state index in [2.05, 4.69) is 31.0 Å². The normalized spacial score (nSPS) is 22.5. The first-order valence-electron chi connectivity index (χ1n) is 6.18. The summed E-state index contributed by atoms with van der Waals surface area (Å²) in [5, 5.41) is 3.47. The molecule has 2 nitrogen and oxygen atoms in total. The summed E-state index contributed by atoms with van der Waals surface area (Å²) in [6.45, 7) is 11.9. The van der Waals surface area contributed by atoms with Crippen molar-refractivity contribution in [2.45, 2.75) is 46.1 Å². The fraction of sp³-hybridized carbons (Fsp3) is 1.00. The molecule has 1 fully saturated rings. The molecule has 1 heterocycles. The smallest absolute Gasteiger partial charge is 0.00507 e. The Labute approximate surface area is 89.1 Å². The number of likely N-dealkylation sites (tertiary alicyclic amines) is 1. The lowest BCUT2D eigenvalue weighted by Gasteiger charge is -2.30. The van der Waals surface area contributed by atoms with Gasteiger partial charge < -0.3 is 10.2 Å². The second-order valence-electron chi connectivity index (χ2n) is 4.77. The predicted octanol–water partition coefficient (Wildman–Crippen LogP) is 2.11. The predicted molar refractivity (Wildman–Crippen MR) is 62.6 cm³/mol. The van der Waals surface area contributed by atoms with Crippen molar-refractivity contribution in [1.82, 2.24) is 10.2 Å². The summed E-state index contributed by atoms with van der Waals surface area (Å²) >= 11 is 0. The largest absolute Gasteiger partial charge is 0.314 e. The van der Waals surface area contributed by atoms with E-state index in [9.17, 15) is 0 Å². The molecule has 1 N–H and O–H groups in total. The van der Waals surface area contributed by atoms with Crippen LogP contribution in [0.5, 0.6) is 0 Å². The van der Waals surface area contributed by atoms with Gasteiger partial charge in [0.15, 0.2) is 0 Å². The van der Waals surface area contributed by atoms with Gasteiger partial charge in [-0.25, -0.2) is 0 Å². The number of nitrogens with zero attached hydrogens (tertiary/aromatic N) is 1. The van der Waals surface area contributed by atoms with E-state index >= 15 is 0 Å². The SMILES string of the molecule is CCNC(C)CCN1CCC(C)CC1. The minimum absolute atomic E-state index is 0.680. The van der Waals surface area contributed by atoms with Gasteiger partial charge in [-0.2, -0.15) is 0 Å². The Hall–Kier alpha value is -0.0800. The molecule has 0 aromatic rings. The van der Waals surface area contributed by atoms with Crippen LogP contribution < -0.4 is 5.32 Å². The number of hydrogen-bond acceptors (Lipinski definition) is 2. The highest BCUT2D eigenvalue weighted by Gasteiger charge is 2.15. The Morgan fingerprint density at radius 3 is 2.57 bits per heavy atom. The Bertz CT molecular complexity index is 139. The third kappa shape index (κ3) is 4.43. The van der Waals surface area contributed by atoms with Gasteiger partial charge >= 0.3 is 0 Å². The number of rotatable bonds is 5. The van der Waals surface area contributed by atoms with Crippen LogP contribution in [-0.4, -0.2) is 37.1 Å². The molecule has 1 rings (SSSR count). The first-order valence-corrected chi connectivity index (χ1v) is 6.18. The zero-order chi connectivity index (χ0) is 10.4. The highest BCUT2D eigenvalue weighted by molar-refractivity contribution is 4.71. The highest BCUT2D eigenvalue weighted by atomic mass is 15.1. The molecular formula is C12H26N2. The van der Waals surface area contributed by atoms with Crippen LogP contribution in [0.3, 0.4) is 0 Å². The van der Waals surface area contributed by atoms with E-state index in [-0.39, 0.29) is 0 Å². The van der Waals surface area contributed by atoms with Gasteiger partial charge in [0.1, 0.15) is 0 Å². The highest BCUT2D eigenvalue weighted by Crippen LogP contribution is 2.16. The average Bonchev–Trinajstić information content (AvgIpc) is 2.17. The third-order valence-corrected chi connectivity index (χ3v) is 3.31. The van der Waals surface area contributed by atoms with Crippen molar-refractivity contribution in [3.8, 4) is 0 Å². The molecule has 0 bridgehead atoms. The van der Waals surface area contributed by atoms with Crippen molar-refractivity contribution >= 4 is 0 Å². The van der Waals surface area contributed by atoms with Crippen molar-refractivity contribution < 1.29 is 0 Å². The Morgan fingerprint density at radius 1 is 1.36 bits per heavy atom. The molecular weight excluding hydrogens is 172 g/mol. The van der Waals surface area contributed by atoms with Crippen molar-refractivity contribution in [2.24, 2.45) is 5.92 Å². The molecule has 0 saturated carbocycles. The minimum Gasteiger partial charge on any atom is -0.314 e. The summed E-state index contributed by atoms with van der Waals surface area (Å²) in [6.07, 6.45) is 4.09. The van der Waals surface area contributed by atoms with Crippen LogP contribution in [0.15, 0.2) is 0 Å². The van der Waals surface area contributed by atoms with Crippen LogP contribution >= 0.6 is 0 Å². The van der Waals surface area contributed by atoms with Gasteiger partial charge in [-0.3, -0.25) is 0 Å². The van der Waals surface area contributed by atoms with Gasteiger partial charge in [0.05, 0.1) is 0 Å². The topological polar surface area (TPSA) is 15.3 Å². The van der Waals surface area contributed by atoms with Crippen molar-refractivity contribution in [1.29, 1.82) is 0 Å². The summed E-state index contributed by atoms with van der Waals surface area (Å²) in [5.74, 6) is 0.956. The van der Waals surface area contributed by atoms with E-state index in [1.54, 1.807) is 0 Å². The molecule has 14 heavy (non-hydrogen) atoms. The molecule has 0 radical (unpaired) electrons. The van der Waals surface area contributed by atoms with Gasteiger partial charge in [-0.05, 0) is 58.3 Å². The van der Waals surface area contributed by atoms with Crippen LogP contribution in [0.25, 0.3) is 0 Å². The molecule has 1 aliphatic rings. The van der Waals surface area contributed by atoms with Crippen LogP contribution in [0, 0.1) is 5.92 Å². The lowest BCUT2D eigenvalue weighted by molar-refractivity contribution is 0.185. The summed E-state index contributed by atoms with van der Waals surface area (Å²) < 4.78 is 0. The Kier molecular flexibility index (Phi) is 5.49. The number of nitrogens with one attached hydrogen (secondary N) is 1. The van der Waals surface area contributed by atoms with Gasteiger partial charge in [-0.1, -0.05) is 13.8 Å². The zero-order valence-corrected chi connectivity index (χ0v) is 10.1. The molecule has 84 valence electrons. The van der Waals surface area contributed by atoms with E-state index in [1.807, 2.05) is 0 Å². The van der Waals surface area contributed by atoms with Gasteiger partial charge in [-0.15, -0.1) is 0 Å². The molecule has 0 aliphatic carbocycles. The number of hydrogen-bond donors (Lipinski definition) is 1. The second kappa shape index (κ2) is 6.41. The molecule has 0 aromatic heterocycles. The Balaban J connectivity index is 2.06. The van der Waals surface area contributed by atoms with Gasteiger partial charge in [0, 0.05) is 6.04 Å². The van der Waals surface area contributed by atoms with Gasteiger partial charge in [0.25, 0.3) is 0 Å². The fourth-order valence-corrected chi connectivity index (χ4v) is 2.11. The van der Waals surface area contributed by atoms with E-state index in [0.717, 1.165) is 12.5 Å². The quantitative estimate of drug-likeness (QED) is 0.728. The molecule has 1 unspecified atom stereocenters. The van der Waals surface area contributed by atoms with Gasteiger partial charge in [0.2, 0.25) is 0 Å². The first kappa shape index (κ1) is 12.0. The maximum atomic E-state index is 3.47. The zero-order valence-electron chi connectivity index (χ0n) is 10.1. The summed E-state index contributed by atoms with van der Waals surface area (Å²) in [5.41, 5.74) is 0. The van der Waals surface area contributed by atoms with E-state index < -0.39 is 0 Å². The summed E-state index contributed by atoms with van der Waals surface area (Å²) in [4.78, 5) is 2.62. The minimum atomic E-state index is 0.680. The van der Waals surface area contributed by atoms with E-state index in [4.69, 9.17) is 0 Å².